The van der Waals surface area contributed by atoms with Gasteiger partial charge in [0.15, 0.2) is 5.96 Å². The minimum absolute atomic E-state index is 0.418. The van der Waals surface area contributed by atoms with Crippen LogP contribution >= 0.6 is 0 Å². The van der Waals surface area contributed by atoms with E-state index < -0.39 is 0 Å². The minimum atomic E-state index is 0.418. The Morgan fingerprint density at radius 1 is 1.12 bits per heavy atom. The van der Waals surface area contributed by atoms with E-state index in [-0.39, 0.29) is 0 Å². The maximum Gasteiger partial charge on any atom is 0.225 e. The topological polar surface area (TPSA) is 79.4 Å². The summed E-state index contributed by atoms with van der Waals surface area (Å²) in [5.41, 5.74) is 11.8. The lowest BCUT2D eigenvalue weighted by Gasteiger charge is -2.16. The van der Waals surface area contributed by atoms with E-state index >= 15 is 0 Å². The molecule has 6 heteroatoms. The number of rotatable bonds is 4. The number of anilines is 2. The number of guanidine groups is 1. The molecule has 1 fully saturated rings. The van der Waals surface area contributed by atoms with Crippen LogP contribution < -0.4 is 16.0 Å². The molecule has 2 heterocycles. The van der Waals surface area contributed by atoms with Crippen molar-refractivity contribution in [1.29, 1.82) is 0 Å². The van der Waals surface area contributed by atoms with E-state index in [1.165, 1.54) is 36.8 Å². The van der Waals surface area contributed by atoms with Crippen molar-refractivity contribution in [2.45, 2.75) is 45.6 Å². The van der Waals surface area contributed by atoms with Gasteiger partial charge in [0.1, 0.15) is 0 Å². The highest BCUT2D eigenvalue weighted by Crippen LogP contribution is 2.24. The molecule has 26 heavy (non-hydrogen) atoms. The number of nitrogens with two attached hydrogens (primary N) is 1. The number of aromatic nitrogens is 2. The zero-order valence-electron chi connectivity index (χ0n) is 15.3. The van der Waals surface area contributed by atoms with Gasteiger partial charge in [0.2, 0.25) is 5.95 Å². The summed E-state index contributed by atoms with van der Waals surface area (Å²) in [5.74, 6) is 1.24. The van der Waals surface area contributed by atoms with Gasteiger partial charge in [0.25, 0.3) is 0 Å². The summed E-state index contributed by atoms with van der Waals surface area (Å²) in [5, 5.41) is 3.20. The molecule has 1 aliphatic heterocycles. The van der Waals surface area contributed by atoms with Crippen LogP contribution in [-0.4, -0.2) is 29.0 Å². The third kappa shape index (κ3) is 3.79. The molecule has 1 aromatic heterocycles. The molecule has 3 N–H and O–H groups in total. The Balaban J connectivity index is 1.43. The van der Waals surface area contributed by atoms with Gasteiger partial charge in [-0.2, -0.15) is 0 Å². The van der Waals surface area contributed by atoms with Gasteiger partial charge >= 0.3 is 0 Å². The van der Waals surface area contributed by atoms with Crippen LogP contribution in [0.4, 0.5) is 11.6 Å². The number of nitrogens with one attached hydrogen (secondary N) is 1. The van der Waals surface area contributed by atoms with Crippen LogP contribution in [0.1, 0.15) is 41.8 Å². The van der Waals surface area contributed by atoms with E-state index in [0.717, 1.165) is 42.5 Å². The number of aryl methyl sites for hydroxylation is 3. The molecule has 0 amide bonds. The molecular weight excluding hydrogens is 324 g/mol. The van der Waals surface area contributed by atoms with Gasteiger partial charge < -0.3 is 16.0 Å². The number of fused-ring (bicyclic) bond motifs is 1. The summed E-state index contributed by atoms with van der Waals surface area (Å²) in [6, 6.07) is 8.43. The second-order valence-electron chi connectivity index (χ2n) is 7.16. The van der Waals surface area contributed by atoms with Gasteiger partial charge in [-0.15, -0.1) is 0 Å². The molecule has 6 nitrogen and oxygen atoms in total. The van der Waals surface area contributed by atoms with Crippen LogP contribution in [0.2, 0.25) is 0 Å². The van der Waals surface area contributed by atoms with Crippen LogP contribution in [-0.2, 0) is 19.4 Å². The number of hydrogen-bond donors (Lipinski definition) is 2. The van der Waals surface area contributed by atoms with Crippen molar-refractivity contribution in [3.8, 4) is 0 Å². The fourth-order valence-corrected chi connectivity index (χ4v) is 3.76. The highest BCUT2D eigenvalue weighted by molar-refractivity contribution is 5.92. The van der Waals surface area contributed by atoms with Gasteiger partial charge in [0.05, 0.1) is 12.2 Å². The van der Waals surface area contributed by atoms with Crippen LogP contribution in [0.3, 0.4) is 0 Å². The summed E-state index contributed by atoms with van der Waals surface area (Å²) >= 11 is 0. The molecule has 0 bridgehead atoms. The molecule has 0 atom stereocenters. The smallest absolute Gasteiger partial charge is 0.225 e. The predicted molar refractivity (Wildman–Crippen MR) is 106 cm³/mol. The van der Waals surface area contributed by atoms with Gasteiger partial charge in [-0.1, -0.05) is 6.07 Å². The van der Waals surface area contributed by atoms with E-state index in [0.29, 0.717) is 12.5 Å². The van der Waals surface area contributed by atoms with Crippen molar-refractivity contribution in [3.63, 3.8) is 0 Å². The molecule has 4 rings (SSSR count). The van der Waals surface area contributed by atoms with E-state index in [2.05, 4.69) is 43.4 Å². The quantitative estimate of drug-likeness (QED) is 0.655. The first kappa shape index (κ1) is 16.8. The summed E-state index contributed by atoms with van der Waals surface area (Å²) in [4.78, 5) is 15.9. The SMILES string of the molecule is Cc1cc(CN=C(N)Nc2ccc3c(c2)CCC3)nc(N2CCCC2)n1. The number of hydrogen-bond acceptors (Lipinski definition) is 4. The average molecular weight is 350 g/mol. The van der Waals surface area contributed by atoms with E-state index in [1.54, 1.807) is 0 Å². The maximum atomic E-state index is 6.08. The Morgan fingerprint density at radius 2 is 1.92 bits per heavy atom. The Hall–Kier alpha value is -2.63. The molecule has 2 aliphatic rings. The largest absolute Gasteiger partial charge is 0.370 e. The molecule has 0 unspecified atom stereocenters. The molecule has 0 saturated carbocycles. The molecule has 0 radical (unpaired) electrons. The molecule has 136 valence electrons. The third-order valence-electron chi connectivity index (χ3n) is 5.07. The minimum Gasteiger partial charge on any atom is -0.370 e. The fraction of sp³-hybridized carbons (Fsp3) is 0.450. The first-order valence-corrected chi connectivity index (χ1v) is 9.46. The van der Waals surface area contributed by atoms with Crippen molar-refractivity contribution in [1.82, 2.24) is 9.97 Å². The van der Waals surface area contributed by atoms with E-state index in [9.17, 15) is 0 Å². The van der Waals surface area contributed by atoms with Crippen molar-refractivity contribution < 1.29 is 0 Å². The van der Waals surface area contributed by atoms with E-state index in [4.69, 9.17) is 5.73 Å². The highest BCUT2D eigenvalue weighted by Gasteiger charge is 2.16. The average Bonchev–Trinajstić information content (AvgIpc) is 3.31. The monoisotopic (exact) mass is 350 g/mol. The van der Waals surface area contributed by atoms with Crippen molar-refractivity contribution in [3.05, 3.63) is 46.8 Å². The lowest BCUT2D eigenvalue weighted by molar-refractivity contribution is 0.857. The van der Waals surface area contributed by atoms with Gasteiger partial charge in [-0.25, -0.2) is 15.0 Å². The Morgan fingerprint density at radius 3 is 2.77 bits per heavy atom. The molecule has 0 spiro atoms. The first-order valence-electron chi connectivity index (χ1n) is 9.46. The normalized spacial score (nSPS) is 16.8. The maximum absolute atomic E-state index is 6.08. The summed E-state index contributed by atoms with van der Waals surface area (Å²) in [7, 11) is 0. The Kier molecular flexibility index (Phi) is 4.73. The predicted octanol–water partition coefficient (Wildman–Crippen LogP) is 2.80. The van der Waals surface area contributed by atoms with Crippen molar-refractivity contribution in [2.24, 2.45) is 10.7 Å². The second kappa shape index (κ2) is 7.32. The summed E-state index contributed by atoms with van der Waals surface area (Å²) in [6.07, 6.45) is 6.01. The van der Waals surface area contributed by atoms with Gasteiger partial charge in [0, 0.05) is 24.5 Å². The number of aliphatic imine (C=N–C) groups is 1. The Labute approximate surface area is 154 Å². The van der Waals surface area contributed by atoms with Crippen LogP contribution in [0.25, 0.3) is 0 Å². The fourth-order valence-electron chi connectivity index (χ4n) is 3.76. The van der Waals surface area contributed by atoms with Crippen molar-refractivity contribution >= 4 is 17.6 Å². The molecule has 1 aliphatic carbocycles. The van der Waals surface area contributed by atoms with Gasteiger partial charge in [-0.3, -0.25) is 0 Å². The van der Waals surface area contributed by atoms with Crippen LogP contribution in [0.5, 0.6) is 0 Å². The van der Waals surface area contributed by atoms with E-state index in [1.807, 2.05) is 13.0 Å². The first-order chi connectivity index (χ1) is 12.7. The second-order valence-corrected chi connectivity index (χ2v) is 7.16. The zero-order chi connectivity index (χ0) is 17.9. The number of benzene rings is 1. The molecule has 1 saturated heterocycles. The molecular formula is C20H26N6. The summed E-state index contributed by atoms with van der Waals surface area (Å²) in [6.45, 7) is 4.52. The molecule has 1 aromatic carbocycles. The van der Waals surface area contributed by atoms with Crippen LogP contribution in [0.15, 0.2) is 29.3 Å². The zero-order valence-corrected chi connectivity index (χ0v) is 15.3. The Bertz CT molecular complexity index is 823. The van der Waals surface area contributed by atoms with Crippen LogP contribution in [0, 0.1) is 6.92 Å². The molecule has 2 aromatic rings. The number of nitrogens with zero attached hydrogens (tertiary/aromatic N) is 4. The highest BCUT2D eigenvalue weighted by atomic mass is 15.3. The van der Waals surface area contributed by atoms with Gasteiger partial charge in [-0.05, 0) is 68.4 Å². The van der Waals surface area contributed by atoms with Crippen molar-refractivity contribution in [2.75, 3.05) is 23.3 Å². The third-order valence-corrected chi connectivity index (χ3v) is 5.07. The standard InChI is InChI=1S/C20H26N6/c1-14-11-18(25-20(23-14)26-9-2-3-10-26)13-22-19(21)24-17-8-7-15-5-4-6-16(15)12-17/h7-8,11-12H,2-6,9-10,13H2,1H3,(H3,21,22,24). The summed E-state index contributed by atoms with van der Waals surface area (Å²) < 4.78 is 0. The lowest BCUT2D eigenvalue weighted by Crippen LogP contribution is -2.23. The lowest BCUT2D eigenvalue weighted by atomic mass is 10.1.